The van der Waals surface area contributed by atoms with E-state index < -0.39 is 0 Å². The number of aromatic nitrogens is 2. The first-order valence-corrected chi connectivity index (χ1v) is 6.86. The van der Waals surface area contributed by atoms with Gasteiger partial charge in [0.1, 0.15) is 0 Å². The topological polar surface area (TPSA) is 67.2 Å². The normalized spacial score (nSPS) is 13.0. The number of nitrogens with zero attached hydrogens (tertiary/aromatic N) is 2. The van der Waals surface area contributed by atoms with E-state index in [9.17, 15) is 9.90 Å². The molecule has 0 aromatic carbocycles. The highest BCUT2D eigenvalue weighted by Crippen LogP contribution is 2.08. The van der Waals surface area contributed by atoms with E-state index in [1.165, 1.54) is 0 Å². The van der Waals surface area contributed by atoms with Gasteiger partial charge in [0.15, 0.2) is 5.82 Å². The largest absolute Gasteiger partial charge is 0.394 e. The van der Waals surface area contributed by atoms with Crippen LogP contribution in [0.2, 0.25) is 0 Å². The molecule has 0 amide bonds. The Labute approximate surface area is 114 Å². The minimum atomic E-state index is -0.130. The molecule has 2 N–H and O–H groups in total. The predicted molar refractivity (Wildman–Crippen MR) is 77.3 cm³/mol. The van der Waals surface area contributed by atoms with E-state index in [0.29, 0.717) is 24.2 Å². The molecule has 108 valence electrons. The van der Waals surface area contributed by atoms with Crippen LogP contribution in [0.5, 0.6) is 0 Å². The van der Waals surface area contributed by atoms with Crippen molar-refractivity contribution in [1.29, 1.82) is 0 Å². The molecule has 19 heavy (non-hydrogen) atoms. The van der Waals surface area contributed by atoms with Gasteiger partial charge >= 0.3 is 0 Å². The maximum Gasteiger partial charge on any atom is 0.293 e. The van der Waals surface area contributed by atoms with Gasteiger partial charge in [0.2, 0.25) is 0 Å². The number of nitrogens with one attached hydrogen (secondary N) is 1. The fraction of sp³-hybridized carbons (Fsp3) is 0.714. The highest BCUT2D eigenvalue weighted by Gasteiger charge is 2.13. The Bertz CT molecular complexity index is 441. The molecule has 1 unspecified atom stereocenters. The van der Waals surface area contributed by atoms with Crippen molar-refractivity contribution in [2.75, 3.05) is 11.9 Å². The lowest BCUT2D eigenvalue weighted by atomic mass is 10.0. The zero-order valence-electron chi connectivity index (χ0n) is 12.3. The molecule has 1 aromatic heterocycles. The van der Waals surface area contributed by atoms with E-state index in [-0.39, 0.29) is 18.2 Å². The predicted octanol–water partition coefficient (Wildman–Crippen LogP) is 1.72. The van der Waals surface area contributed by atoms with Crippen molar-refractivity contribution in [3.63, 3.8) is 0 Å². The van der Waals surface area contributed by atoms with Crippen LogP contribution in [0.3, 0.4) is 0 Å². The average Bonchev–Trinajstić information content (AvgIpc) is 2.32. The Balaban J connectivity index is 2.86. The second-order valence-corrected chi connectivity index (χ2v) is 5.78. The smallest absolute Gasteiger partial charge is 0.293 e. The van der Waals surface area contributed by atoms with Crippen molar-refractivity contribution in [3.8, 4) is 0 Å². The van der Waals surface area contributed by atoms with E-state index in [2.05, 4.69) is 38.0 Å². The molecule has 0 aliphatic carbocycles. The highest BCUT2D eigenvalue weighted by molar-refractivity contribution is 5.32. The summed E-state index contributed by atoms with van der Waals surface area (Å²) in [7, 11) is 0. The van der Waals surface area contributed by atoms with Crippen LogP contribution >= 0.6 is 0 Å². The SMILES string of the molecule is CC(C)CC(CO)Nc1nccn(CC(C)C)c1=O. The van der Waals surface area contributed by atoms with Crippen LogP contribution in [0, 0.1) is 11.8 Å². The summed E-state index contributed by atoms with van der Waals surface area (Å²) in [5.74, 6) is 1.17. The molecule has 0 spiro atoms. The zero-order chi connectivity index (χ0) is 14.4. The van der Waals surface area contributed by atoms with E-state index in [1.54, 1.807) is 17.0 Å². The third kappa shape index (κ3) is 5.03. The van der Waals surface area contributed by atoms with Crippen molar-refractivity contribution in [2.24, 2.45) is 11.8 Å². The lowest BCUT2D eigenvalue weighted by Gasteiger charge is -2.19. The van der Waals surface area contributed by atoms with Gasteiger partial charge in [-0.1, -0.05) is 27.7 Å². The Hall–Kier alpha value is -1.36. The number of aliphatic hydroxyl groups excluding tert-OH is 1. The summed E-state index contributed by atoms with van der Waals surface area (Å²) in [4.78, 5) is 16.3. The summed E-state index contributed by atoms with van der Waals surface area (Å²) in [6.45, 7) is 8.96. The molecule has 1 atom stereocenters. The maximum atomic E-state index is 12.2. The van der Waals surface area contributed by atoms with Gasteiger partial charge in [0.25, 0.3) is 5.56 Å². The minimum absolute atomic E-state index is 0.00161. The fourth-order valence-corrected chi connectivity index (χ4v) is 2.02. The first kappa shape index (κ1) is 15.7. The molecule has 0 aliphatic heterocycles. The summed E-state index contributed by atoms with van der Waals surface area (Å²) in [6.07, 6.45) is 4.12. The molecule has 1 heterocycles. The summed E-state index contributed by atoms with van der Waals surface area (Å²) >= 11 is 0. The second kappa shape index (κ2) is 7.28. The Morgan fingerprint density at radius 2 is 2.00 bits per heavy atom. The number of anilines is 1. The molecular weight excluding hydrogens is 242 g/mol. The van der Waals surface area contributed by atoms with Crippen LogP contribution in [0.15, 0.2) is 17.2 Å². The number of aliphatic hydroxyl groups is 1. The molecule has 0 bridgehead atoms. The van der Waals surface area contributed by atoms with Crippen molar-refractivity contribution in [3.05, 3.63) is 22.7 Å². The Morgan fingerprint density at radius 3 is 2.53 bits per heavy atom. The summed E-state index contributed by atoms with van der Waals surface area (Å²) < 4.78 is 1.66. The first-order valence-electron chi connectivity index (χ1n) is 6.86. The number of rotatable bonds is 7. The Kier molecular flexibility index (Phi) is 6.02. The van der Waals surface area contributed by atoms with E-state index >= 15 is 0 Å². The molecule has 0 aliphatic rings. The molecule has 5 heteroatoms. The minimum Gasteiger partial charge on any atom is -0.394 e. The third-order valence-corrected chi connectivity index (χ3v) is 2.79. The zero-order valence-corrected chi connectivity index (χ0v) is 12.3. The van der Waals surface area contributed by atoms with Gasteiger partial charge < -0.3 is 15.0 Å². The highest BCUT2D eigenvalue weighted by atomic mass is 16.3. The van der Waals surface area contributed by atoms with Crippen molar-refractivity contribution in [1.82, 2.24) is 9.55 Å². The average molecular weight is 267 g/mol. The maximum absolute atomic E-state index is 12.2. The van der Waals surface area contributed by atoms with Crippen LogP contribution in [-0.2, 0) is 6.54 Å². The standard InChI is InChI=1S/C14H25N3O2/c1-10(2)7-12(9-18)16-13-14(19)17(6-5-15-13)8-11(3)4/h5-6,10-12,18H,7-9H2,1-4H3,(H,15,16). The van der Waals surface area contributed by atoms with Crippen LogP contribution in [0.1, 0.15) is 34.1 Å². The summed E-state index contributed by atoms with van der Waals surface area (Å²) in [5.41, 5.74) is -0.126. The first-order chi connectivity index (χ1) is 8.93. The molecule has 5 nitrogen and oxygen atoms in total. The van der Waals surface area contributed by atoms with Crippen LogP contribution in [0.25, 0.3) is 0 Å². The number of hydrogen-bond acceptors (Lipinski definition) is 4. The molecule has 0 saturated heterocycles. The van der Waals surface area contributed by atoms with Crippen molar-refractivity contribution in [2.45, 2.75) is 46.7 Å². The fourth-order valence-electron chi connectivity index (χ4n) is 2.02. The molecule has 0 radical (unpaired) electrons. The monoisotopic (exact) mass is 267 g/mol. The van der Waals surface area contributed by atoms with Gasteiger partial charge in [-0.25, -0.2) is 4.98 Å². The van der Waals surface area contributed by atoms with Crippen LogP contribution in [-0.4, -0.2) is 27.3 Å². The van der Waals surface area contributed by atoms with Crippen molar-refractivity contribution >= 4 is 5.82 Å². The molecular formula is C14H25N3O2. The van der Waals surface area contributed by atoms with E-state index in [4.69, 9.17) is 0 Å². The number of hydrogen-bond donors (Lipinski definition) is 2. The molecule has 0 saturated carbocycles. The summed E-state index contributed by atoms with van der Waals surface area (Å²) in [5, 5.41) is 12.4. The van der Waals surface area contributed by atoms with Gasteiger partial charge in [-0.05, 0) is 18.3 Å². The molecule has 1 aromatic rings. The lowest BCUT2D eigenvalue weighted by Crippen LogP contribution is -2.32. The van der Waals surface area contributed by atoms with Crippen LogP contribution in [0.4, 0.5) is 5.82 Å². The van der Waals surface area contributed by atoms with Gasteiger partial charge in [-0.15, -0.1) is 0 Å². The second-order valence-electron chi connectivity index (χ2n) is 5.78. The van der Waals surface area contributed by atoms with Gasteiger partial charge in [0.05, 0.1) is 12.6 Å². The molecule has 0 fully saturated rings. The van der Waals surface area contributed by atoms with Gasteiger partial charge in [0, 0.05) is 18.9 Å². The third-order valence-electron chi connectivity index (χ3n) is 2.79. The van der Waals surface area contributed by atoms with Crippen LogP contribution < -0.4 is 10.9 Å². The molecule has 1 rings (SSSR count). The quantitative estimate of drug-likeness (QED) is 0.789. The van der Waals surface area contributed by atoms with Crippen molar-refractivity contribution < 1.29 is 5.11 Å². The van der Waals surface area contributed by atoms with E-state index in [1.807, 2.05) is 0 Å². The van der Waals surface area contributed by atoms with E-state index in [0.717, 1.165) is 6.42 Å². The van der Waals surface area contributed by atoms with Gasteiger partial charge in [-0.2, -0.15) is 0 Å². The lowest BCUT2D eigenvalue weighted by molar-refractivity contribution is 0.259. The summed E-state index contributed by atoms with van der Waals surface area (Å²) in [6, 6.07) is -0.130. The van der Waals surface area contributed by atoms with Gasteiger partial charge in [-0.3, -0.25) is 4.79 Å². The Morgan fingerprint density at radius 1 is 1.32 bits per heavy atom.